The van der Waals surface area contributed by atoms with Crippen molar-refractivity contribution in [1.29, 1.82) is 0 Å². The van der Waals surface area contributed by atoms with E-state index in [0.717, 1.165) is 47.6 Å². The Morgan fingerprint density at radius 1 is 1.12 bits per heavy atom. The summed E-state index contributed by atoms with van der Waals surface area (Å²) in [4.78, 5) is 9.54. The molecule has 0 saturated carbocycles. The number of nitrogens with zero attached hydrogens (tertiary/aromatic N) is 3. The van der Waals surface area contributed by atoms with E-state index in [1.165, 1.54) is 21.7 Å². The van der Waals surface area contributed by atoms with Crippen LogP contribution in [0.4, 0.5) is 0 Å². The molecule has 168 valence electrons. The Morgan fingerprint density at radius 3 is 2.76 bits per heavy atom. The number of fused-ring (bicyclic) bond motifs is 4. The molecule has 2 bridgehead atoms. The number of phenolic OH excluding ortho intramolecular Hbond substituents is 1. The van der Waals surface area contributed by atoms with E-state index in [4.69, 9.17) is 4.98 Å². The molecule has 0 unspecified atom stereocenters. The topological polar surface area (TPSA) is 61.0 Å². The summed E-state index contributed by atoms with van der Waals surface area (Å²) in [5.74, 6) is 0.286. The number of thiazole rings is 1. The van der Waals surface area contributed by atoms with Gasteiger partial charge in [-0.1, -0.05) is 35.9 Å². The number of aromatic nitrogens is 2. The number of likely N-dealkylation sites (tertiary alicyclic amines) is 1. The molecule has 3 heterocycles. The molecule has 1 fully saturated rings. The SMILES string of the molecule is Cc1ccc(-c2cn3c4c(sc3n2)C[C@@]2(O)[C@@H]3Cc5ccc(O)cc5[C@]2(CCN3C)C4)cc1. The lowest BCUT2D eigenvalue weighted by Gasteiger charge is -2.62. The molecule has 2 aromatic heterocycles. The third-order valence-electron chi connectivity index (χ3n) is 8.57. The Morgan fingerprint density at radius 2 is 1.94 bits per heavy atom. The van der Waals surface area contributed by atoms with E-state index in [9.17, 15) is 10.2 Å². The maximum Gasteiger partial charge on any atom is 0.194 e. The highest BCUT2D eigenvalue weighted by molar-refractivity contribution is 7.17. The van der Waals surface area contributed by atoms with Crippen molar-refractivity contribution in [1.82, 2.24) is 14.3 Å². The van der Waals surface area contributed by atoms with Crippen LogP contribution < -0.4 is 0 Å². The number of benzene rings is 2. The van der Waals surface area contributed by atoms with Gasteiger partial charge in [-0.25, -0.2) is 4.98 Å². The highest BCUT2D eigenvalue weighted by atomic mass is 32.1. The van der Waals surface area contributed by atoms with E-state index in [-0.39, 0.29) is 11.8 Å². The second kappa shape index (κ2) is 6.47. The molecule has 5 nitrogen and oxygen atoms in total. The molecule has 4 aromatic rings. The van der Waals surface area contributed by atoms with E-state index in [0.29, 0.717) is 6.42 Å². The number of likely N-dealkylation sites (N-methyl/N-ethyl adjacent to an activating group) is 1. The summed E-state index contributed by atoms with van der Waals surface area (Å²) < 4.78 is 2.26. The van der Waals surface area contributed by atoms with E-state index < -0.39 is 11.0 Å². The van der Waals surface area contributed by atoms with Gasteiger partial charge in [-0.3, -0.25) is 4.40 Å². The summed E-state index contributed by atoms with van der Waals surface area (Å²) in [5.41, 5.74) is 5.78. The summed E-state index contributed by atoms with van der Waals surface area (Å²) in [6, 6.07) is 14.4. The van der Waals surface area contributed by atoms with Crippen LogP contribution in [-0.2, 0) is 24.7 Å². The van der Waals surface area contributed by atoms with Gasteiger partial charge < -0.3 is 15.1 Å². The predicted octanol–water partition coefficient (Wildman–Crippen LogP) is 4.10. The first-order valence-corrected chi connectivity index (χ1v) is 12.5. The highest BCUT2D eigenvalue weighted by Crippen LogP contribution is 2.58. The van der Waals surface area contributed by atoms with Crippen LogP contribution in [0, 0.1) is 6.92 Å². The molecule has 1 saturated heterocycles. The number of hydrogen-bond donors (Lipinski definition) is 2. The summed E-state index contributed by atoms with van der Waals surface area (Å²) in [6.07, 6.45) is 5.27. The minimum Gasteiger partial charge on any atom is -0.508 e. The van der Waals surface area contributed by atoms with Gasteiger partial charge >= 0.3 is 0 Å². The molecule has 0 radical (unpaired) electrons. The average molecular weight is 458 g/mol. The summed E-state index contributed by atoms with van der Waals surface area (Å²) in [5, 5.41) is 22.8. The van der Waals surface area contributed by atoms with E-state index in [1.54, 1.807) is 17.4 Å². The van der Waals surface area contributed by atoms with Gasteiger partial charge in [-0.05, 0) is 56.6 Å². The fourth-order valence-electron chi connectivity index (χ4n) is 6.78. The maximum absolute atomic E-state index is 12.4. The first kappa shape index (κ1) is 19.8. The molecule has 2 aliphatic carbocycles. The number of aromatic hydroxyl groups is 1. The molecule has 0 amide bonds. The molecule has 7 rings (SSSR count). The normalized spacial score (nSPS) is 28.4. The number of hydrogen-bond acceptors (Lipinski definition) is 5. The van der Waals surface area contributed by atoms with Crippen molar-refractivity contribution in [2.24, 2.45) is 0 Å². The zero-order chi connectivity index (χ0) is 22.5. The molecule has 3 aliphatic rings. The van der Waals surface area contributed by atoms with Crippen LogP contribution >= 0.6 is 11.3 Å². The first-order valence-electron chi connectivity index (χ1n) is 11.7. The largest absolute Gasteiger partial charge is 0.508 e. The third-order valence-corrected chi connectivity index (χ3v) is 9.67. The fraction of sp³-hybridized carbons (Fsp3) is 0.370. The Balaban J connectivity index is 1.42. The fourth-order valence-corrected chi connectivity index (χ4v) is 7.99. The highest BCUT2D eigenvalue weighted by Gasteiger charge is 2.64. The van der Waals surface area contributed by atoms with Crippen LogP contribution in [0.3, 0.4) is 0 Å². The molecule has 0 spiro atoms. The summed E-state index contributed by atoms with van der Waals surface area (Å²) in [6.45, 7) is 3.05. The summed E-state index contributed by atoms with van der Waals surface area (Å²) in [7, 11) is 2.14. The van der Waals surface area contributed by atoms with Gasteiger partial charge in [-0.15, -0.1) is 11.3 Å². The van der Waals surface area contributed by atoms with Gasteiger partial charge in [0, 0.05) is 46.6 Å². The van der Waals surface area contributed by atoms with Crippen molar-refractivity contribution < 1.29 is 10.2 Å². The van der Waals surface area contributed by atoms with Gasteiger partial charge in [0.05, 0.1) is 11.3 Å². The van der Waals surface area contributed by atoms with Crippen molar-refractivity contribution in [2.75, 3.05) is 13.6 Å². The Bertz CT molecular complexity index is 1420. The molecular formula is C27H27N3O2S. The van der Waals surface area contributed by atoms with E-state index in [1.807, 2.05) is 6.07 Å². The monoisotopic (exact) mass is 457 g/mol. The molecule has 2 N–H and O–H groups in total. The van der Waals surface area contributed by atoms with Crippen molar-refractivity contribution >= 4 is 16.3 Å². The molecule has 33 heavy (non-hydrogen) atoms. The Labute approximate surface area is 197 Å². The molecule has 3 atom stereocenters. The number of rotatable bonds is 1. The second-order valence-corrected chi connectivity index (χ2v) is 11.3. The zero-order valence-corrected chi connectivity index (χ0v) is 19.7. The molecular weight excluding hydrogens is 430 g/mol. The molecule has 6 heteroatoms. The van der Waals surface area contributed by atoms with Crippen molar-refractivity contribution in [3.8, 4) is 17.0 Å². The second-order valence-electron chi connectivity index (χ2n) is 10.3. The van der Waals surface area contributed by atoms with Crippen LogP contribution in [-0.4, -0.2) is 49.7 Å². The number of phenols is 1. The smallest absolute Gasteiger partial charge is 0.194 e. The standard InChI is InChI=1S/C27H27N3O2S/c1-16-3-5-17(6-4-16)21-15-30-22-13-26-9-10-29(2)24(11-18-7-8-19(31)12-20(18)26)27(26,32)14-23(22)33-25(30)28-21/h3-8,12,15,24,31-32H,9-11,13-14H2,1-2H3/t24-,26-,27+/m0/s1. The van der Waals surface area contributed by atoms with Gasteiger partial charge in [0.1, 0.15) is 5.75 Å². The predicted molar refractivity (Wildman–Crippen MR) is 130 cm³/mol. The lowest BCUT2D eigenvalue weighted by molar-refractivity contribution is -0.144. The first-order chi connectivity index (χ1) is 15.9. The van der Waals surface area contributed by atoms with Crippen LogP contribution in [0.1, 0.15) is 33.7 Å². The molecule has 1 aliphatic heterocycles. The average Bonchev–Trinajstić information content (AvgIpc) is 3.33. The van der Waals surface area contributed by atoms with Crippen molar-refractivity contribution in [3.05, 3.63) is 75.9 Å². The van der Waals surface area contributed by atoms with Crippen LogP contribution in [0.15, 0.2) is 48.7 Å². The lowest BCUT2D eigenvalue weighted by Crippen LogP contribution is -2.73. The molecule has 2 aromatic carbocycles. The minimum atomic E-state index is -0.851. The third kappa shape index (κ3) is 2.52. The maximum atomic E-state index is 12.4. The van der Waals surface area contributed by atoms with E-state index >= 15 is 0 Å². The zero-order valence-electron chi connectivity index (χ0n) is 18.9. The number of aryl methyl sites for hydroxylation is 1. The summed E-state index contributed by atoms with van der Waals surface area (Å²) >= 11 is 1.72. The van der Waals surface area contributed by atoms with Crippen LogP contribution in [0.2, 0.25) is 0 Å². The minimum absolute atomic E-state index is 0.0778. The number of imidazole rings is 1. The van der Waals surface area contributed by atoms with Gasteiger partial charge in [0.25, 0.3) is 0 Å². The number of aliphatic hydroxyl groups is 1. The Kier molecular flexibility index (Phi) is 3.87. The van der Waals surface area contributed by atoms with Crippen LogP contribution in [0.25, 0.3) is 16.2 Å². The Hall–Kier alpha value is -2.67. The lowest BCUT2D eigenvalue weighted by atomic mass is 9.50. The quantitative estimate of drug-likeness (QED) is 0.452. The van der Waals surface area contributed by atoms with Gasteiger partial charge in [-0.2, -0.15) is 0 Å². The van der Waals surface area contributed by atoms with Gasteiger partial charge in [0.15, 0.2) is 4.96 Å². The van der Waals surface area contributed by atoms with Crippen LogP contribution in [0.5, 0.6) is 5.75 Å². The van der Waals surface area contributed by atoms with E-state index in [2.05, 4.69) is 59.8 Å². The number of piperidine rings is 1. The van der Waals surface area contributed by atoms with Crippen molar-refractivity contribution in [2.45, 2.75) is 49.7 Å². The van der Waals surface area contributed by atoms with Crippen molar-refractivity contribution in [3.63, 3.8) is 0 Å². The van der Waals surface area contributed by atoms with Gasteiger partial charge in [0.2, 0.25) is 0 Å².